The van der Waals surface area contributed by atoms with Gasteiger partial charge < -0.3 is 9.57 Å². The van der Waals surface area contributed by atoms with E-state index < -0.39 is 5.97 Å². The van der Waals surface area contributed by atoms with E-state index in [-0.39, 0.29) is 11.5 Å². The van der Waals surface area contributed by atoms with Crippen molar-refractivity contribution >= 4 is 12.2 Å². The van der Waals surface area contributed by atoms with Crippen molar-refractivity contribution in [1.82, 2.24) is 0 Å². The molecule has 0 atom stereocenters. The molecule has 0 spiro atoms. The van der Waals surface area contributed by atoms with E-state index in [2.05, 4.69) is 9.57 Å². The predicted molar refractivity (Wildman–Crippen MR) is 33.3 cm³/mol. The average molecular weight is 147 g/mol. The normalized spacial score (nSPS) is 10.8. The lowest BCUT2D eigenvalue weighted by Crippen LogP contribution is -2.13. The van der Waals surface area contributed by atoms with Crippen molar-refractivity contribution in [3.8, 4) is 0 Å². The molecule has 0 rings (SSSR count). The highest BCUT2D eigenvalue weighted by Gasteiger charge is 2.02. The van der Waals surface area contributed by atoms with Crippen molar-refractivity contribution in [1.29, 1.82) is 0 Å². The SMILES string of the molecule is CCOC(=O)/C=[N+](\[O-])OC. The minimum Gasteiger partial charge on any atom is -0.458 e. The molecule has 10 heavy (non-hydrogen) atoms. The molecule has 0 aromatic heterocycles. The molecule has 0 aliphatic heterocycles. The summed E-state index contributed by atoms with van der Waals surface area (Å²) in [5.74, 6) is -0.709. The lowest BCUT2D eigenvalue weighted by atomic mass is 10.7. The van der Waals surface area contributed by atoms with Gasteiger partial charge in [-0.2, -0.15) is 0 Å². The first-order valence-corrected chi connectivity index (χ1v) is 2.72. The molecule has 0 fully saturated rings. The number of hydrogen-bond donors (Lipinski definition) is 0. The second kappa shape index (κ2) is 4.60. The van der Waals surface area contributed by atoms with Crippen molar-refractivity contribution < 1.29 is 19.3 Å². The maximum Gasteiger partial charge on any atom is 0.401 e. The number of rotatable bonds is 3. The third-order valence-corrected chi connectivity index (χ3v) is 0.677. The van der Waals surface area contributed by atoms with Gasteiger partial charge in [0, 0.05) is 12.0 Å². The Morgan fingerprint density at radius 1 is 1.80 bits per heavy atom. The zero-order valence-electron chi connectivity index (χ0n) is 5.86. The van der Waals surface area contributed by atoms with Gasteiger partial charge in [-0.05, 0) is 6.92 Å². The zero-order chi connectivity index (χ0) is 7.98. The van der Waals surface area contributed by atoms with Crippen molar-refractivity contribution in [3.63, 3.8) is 0 Å². The molecule has 0 unspecified atom stereocenters. The lowest BCUT2D eigenvalue weighted by Gasteiger charge is -1.95. The van der Waals surface area contributed by atoms with Crippen molar-refractivity contribution in [2.75, 3.05) is 13.7 Å². The highest BCUT2D eigenvalue weighted by atomic mass is 16.9. The molecule has 0 aromatic carbocycles. The molecule has 0 radical (unpaired) electrons. The number of hydrogen-bond acceptors (Lipinski definition) is 4. The van der Waals surface area contributed by atoms with Crippen molar-refractivity contribution in [2.45, 2.75) is 6.92 Å². The summed E-state index contributed by atoms with van der Waals surface area (Å²) < 4.78 is 4.40. The van der Waals surface area contributed by atoms with Crippen LogP contribution < -0.4 is 0 Å². The summed E-state index contributed by atoms with van der Waals surface area (Å²) in [7, 11) is 1.16. The van der Waals surface area contributed by atoms with Crippen molar-refractivity contribution in [3.05, 3.63) is 5.21 Å². The maximum absolute atomic E-state index is 10.4. The van der Waals surface area contributed by atoms with Crippen LogP contribution in [0.2, 0.25) is 0 Å². The standard InChI is InChI=1S/C5H9NO4/c1-3-10-5(7)4-6(8)9-2/h4H,3H2,1-2H3/b6-4+. The number of nitrogens with zero attached hydrogens (tertiary/aromatic N) is 1. The summed E-state index contributed by atoms with van der Waals surface area (Å²) in [5.41, 5.74) is 0. The molecule has 0 heterocycles. The van der Waals surface area contributed by atoms with Gasteiger partial charge in [0.25, 0.3) is 0 Å². The molecule has 0 aromatic rings. The largest absolute Gasteiger partial charge is 0.458 e. The fourth-order valence-corrected chi connectivity index (χ4v) is 0.318. The molecule has 0 bridgehead atoms. The van der Waals surface area contributed by atoms with Gasteiger partial charge in [-0.1, -0.05) is 0 Å². The third kappa shape index (κ3) is 3.71. The van der Waals surface area contributed by atoms with Gasteiger partial charge in [-0.15, -0.1) is 0 Å². The Labute approximate surface area is 58.4 Å². The van der Waals surface area contributed by atoms with Gasteiger partial charge in [0.2, 0.25) is 0 Å². The van der Waals surface area contributed by atoms with Crippen LogP contribution in [0.25, 0.3) is 0 Å². The molecule has 0 aliphatic carbocycles. The van der Waals surface area contributed by atoms with Crippen LogP contribution in [0.15, 0.2) is 0 Å². The van der Waals surface area contributed by atoms with E-state index in [1.54, 1.807) is 6.92 Å². The summed E-state index contributed by atoms with van der Waals surface area (Å²) in [6, 6.07) is 0. The van der Waals surface area contributed by atoms with Gasteiger partial charge in [0.05, 0.1) is 6.61 Å². The van der Waals surface area contributed by atoms with E-state index >= 15 is 0 Å². The Balaban J connectivity index is 3.75. The van der Waals surface area contributed by atoms with Crippen LogP contribution in [0.3, 0.4) is 0 Å². The molecular formula is C5H9NO4. The van der Waals surface area contributed by atoms with Crippen LogP contribution in [-0.4, -0.2) is 30.8 Å². The van der Waals surface area contributed by atoms with Crippen LogP contribution in [0.1, 0.15) is 6.92 Å². The van der Waals surface area contributed by atoms with Crippen LogP contribution in [0, 0.1) is 5.21 Å². The predicted octanol–water partition coefficient (Wildman–Crippen LogP) is -0.308. The smallest absolute Gasteiger partial charge is 0.401 e. The first-order chi connectivity index (χ1) is 4.70. The molecule has 5 heteroatoms. The quantitative estimate of drug-likeness (QED) is 0.238. The van der Waals surface area contributed by atoms with E-state index in [4.69, 9.17) is 0 Å². The number of ether oxygens (including phenoxy) is 1. The van der Waals surface area contributed by atoms with Gasteiger partial charge in [0.15, 0.2) is 0 Å². The molecule has 0 aliphatic rings. The topological polar surface area (TPSA) is 61.6 Å². The van der Waals surface area contributed by atoms with Crippen LogP contribution in [0.4, 0.5) is 0 Å². The van der Waals surface area contributed by atoms with Crippen LogP contribution >= 0.6 is 0 Å². The van der Waals surface area contributed by atoms with Gasteiger partial charge in [0.1, 0.15) is 0 Å². The molecule has 0 saturated carbocycles. The Kier molecular flexibility index (Phi) is 4.02. The Morgan fingerprint density at radius 2 is 2.40 bits per heavy atom. The van der Waals surface area contributed by atoms with E-state index in [0.717, 1.165) is 7.11 Å². The zero-order valence-corrected chi connectivity index (χ0v) is 5.86. The highest BCUT2D eigenvalue weighted by molar-refractivity contribution is 6.20. The molecule has 0 amide bonds. The monoisotopic (exact) mass is 147 g/mol. The first-order valence-electron chi connectivity index (χ1n) is 2.72. The Morgan fingerprint density at radius 3 is 2.80 bits per heavy atom. The minimum atomic E-state index is -0.709. The average Bonchev–Trinajstić information content (AvgIpc) is 1.88. The first kappa shape index (κ1) is 8.74. The van der Waals surface area contributed by atoms with Crippen LogP contribution in [-0.2, 0) is 14.4 Å². The van der Waals surface area contributed by atoms with E-state index in [0.29, 0.717) is 6.21 Å². The number of esters is 1. The summed E-state index contributed by atoms with van der Waals surface area (Å²) in [5, 5.41) is 10.2. The lowest BCUT2D eigenvalue weighted by molar-refractivity contribution is -0.729. The van der Waals surface area contributed by atoms with E-state index in [1.165, 1.54) is 0 Å². The summed E-state index contributed by atoms with van der Waals surface area (Å²) in [6.45, 7) is 1.89. The fraction of sp³-hybridized carbons (Fsp3) is 0.600. The molecule has 5 nitrogen and oxygen atoms in total. The molecule has 0 saturated heterocycles. The van der Waals surface area contributed by atoms with Gasteiger partial charge in [-0.25, -0.2) is 4.79 Å². The number of carbonyl (C=O) groups is 1. The van der Waals surface area contributed by atoms with Crippen LogP contribution in [0.5, 0.6) is 0 Å². The van der Waals surface area contributed by atoms with Gasteiger partial charge >= 0.3 is 12.2 Å². The Bertz CT molecular complexity index is 143. The van der Waals surface area contributed by atoms with Crippen molar-refractivity contribution in [2.24, 2.45) is 0 Å². The minimum absolute atomic E-state index is 0.0258. The van der Waals surface area contributed by atoms with E-state index in [9.17, 15) is 10.0 Å². The second-order valence-corrected chi connectivity index (χ2v) is 1.35. The Hall–Kier alpha value is -1.26. The summed E-state index contributed by atoms with van der Waals surface area (Å²) in [4.78, 5) is 14.5. The fourth-order valence-electron chi connectivity index (χ4n) is 0.318. The second-order valence-electron chi connectivity index (χ2n) is 1.35. The molecule has 0 N–H and O–H groups in total. The van der Waals surface area contributed by atoms with Gasteiger partial charge in [-0.3, -0.25) is 5.21 Å². The third-order valence-electron chi connectivity index (χ3n) is 0.677. The molecular weight excluding hydrogens is 138 g/mol. The number of carbonyl (C=O) groups excluding carboxylic acids is 1. The highest BCUT2D eigenvalue weighted by Crippen LogP contribution is 1.74. The maximum atomic E-state index is 10.4. The summed E-state index contributed by atoms with van der Waals surface area (Å²) in [6.07, 6.45) is 0.670. The van der Waals surface area contributed by atoms with E-state index in [1.807, 2.05) is 0 Å². The summed E-state index contributed by atoms with van der Waals surface area (Å²) >= 11 is 0. The molecule has 58 valence electrons.